The van der Waals surface area contributed by atoms with Gasteiger partial charge in [0.1, 0.15) is 0 Å². The van der Waals surface area contributed by atoms with E-state index in [1.54, 1.807) is 11.3 Å². The van der Waals surface area contributed by atoms with Crippen LogP contribution < -0.4 is 5.32 Å². The molecule has 0 saturated carbocycles. The quantitative estimate of drug-likeness (QED) is 0.773. The molecule has 5 heteroatoms. The first-order chi connectivity index (χ1) is 7.36. The van der Waals surface area contributed by atoms with Crippen molar-refractivity contribution in [3.05, 3.63) is 34.5 Å². The lowest BCUT2D eigenvalue weighted by molar-refractivity contribution is 0.623. The molecule has 4 nitrogen and oxygen atoms in total. The number of hydrogen-bond donors (Lipinski definition) is 1. The molecule has 2 heterocycles. The molecule has 2 aromatic heterocycles. The molecule has 2 aromatic rings. The zero-order valence-corrected chi connectivity index (χ0v) is 9.50. The summed E-state index contributed by atoms with van der Waals surface area (Å²) < 4.78 is 1.88. The van der Waals surface area contributed by atoms with Gasteiger partial charge in [0.2, 0.25) is 0 Å². The number of hydrogen-bond acceptors (Lipinski definition) is 4. The zero-order chi connectivity index (χ0) is 10.5. The summed E-state index contributed by atoms with van der Waals surface area (Å²) in [6, 6.07) is 2.02. The van der Waals surface area contributed by atoms with E-state index in [0.717, 1.165) is 25.2 Å². The lowest BCUT2D eigenvalue weighted by Crippen LogP contribution is -2.18. The number of aryl methyl sites for hydroxylation is 1. The molecule has 0 amide bonds. The zero-order valence-electron chi connectivity index (χ0n) is 8.68. The highest BCUT2D eigenvalue weighted by atomic mass is 32.1. The van der Waals surface area contributed by atoms with E-state index in [4.69, 9.17) is 0 Å². The first kappa shape index (κ1) is 10.3. The fraction of sp³-hybridized carbons (Fsp3) is 0.400. The van der Waals surface area contributed by atoms with E-state index in [1.807, 2.05) is 29.5 Å². The van der Waals surface area contributed by atoms with Crippen molar-refractivity contribution in [3.8, 4) is 0 Å². The van der Waals surface area contributed by atoms with E-state index in [-0.39, 0.29) is 0 Å². The van der Waals surface area contributed by atoms with Gasteiger partial charge >= 0.3 is 0 Å². The average molecular weight is 222 g/mol. The molecule has 2 rings (SSSR count). The van der Waals surface area contributed by atoms with Gasteiger partial charge in [-0.25, -0.2) is 4.98 Å². The van der Waals surface area contributed by atoms with Crippen LogP contribution in [0.5, 0.6) is 0 Å². The van der Waals surface area contributed by atoms with Crippen LogP contribution in [0.2, 0.25) is 0 Å². The fourth-order valence-electron chi connectivity index (χ4n) is 1.37. The monoisotopic (exact) mass is 222 g/mol. The van der Waals surface area contributed by atoms with E-state index in [9.17, 15) is 0 Å². The number of aromatic nitrogens is 3. The van der Waals surface area contributed by atoms with Crippen LogP contribution in [-0.4, -0.2) is 21.3 Å². The Morgan fingerprint density at radius 3 is 3.13 bits per heavy atom. The van der Waals surface area contributed by atoms with E-state index < -0.39 is 0 Å². The Bertz CT molecular complexity index is 393. The molecule has 0 bridgehead atoms. The second kappa shape index (κ2) is 5.04. The Balaban J connectivity index is 1.70. The summed E-state index contributed by atoms with van der Waals surface area (Å²) in [6.07, 6.45) is 2.80. The van der Waals surface area contributed by atoms with Gasteiger partial charge in [0.05, 0.1) is 16.9 Å². The lowest BCUT2D eigenvalue weighted by Gasteiger charge is -2.03. The standard InChI is InChI=1S/C10H14N4S/c1-14-10(3-5-13-14)6-11-4-2-9-7-15-8-12-9/h3,5,7-8,11H,2,4,6H2,1H3. The van der Waals surface area contributed by atoms with Gasteiger partial charge in [-0.3, -0.25) is 4.68 Å². The van der Waals surface area contributed by atoms with Crippen LogP contribution in [0.25, 0.3) is 0 Å². The van der Waals surface area contributed by atoms with Gasteiger partial charge in [-0.1, -0.05) is 0 Å². The minimum atomic E-state index is 0.862. The second-order valence-corrected chi connectivity index (χ2v) is 4.07. The predicted molar refractivity (Wildman–Crippen MR) is 60.7 cm³/mol. The molecule has 80 valence electrons. The van der Waals surface area contributed by atoms with Gasteiger partial charge in [0, 0.05) is 38.1 Å². The molecule has 0 saturated heterocycles. The molecule has 0 aliphatic rings. The van der Waals surface area contributed by atoms with Crippen LogP contribution in [0.4, 0.5) is 0 Å². The largest absolute Gasteiger partial charge is 0.311 e. The first-order valence-electron chi connectivity index (χ1n) is 4.91. The van der Waals surface area contributed by atoms with Crippen molar-refractivity contribution in [1.29, 1.82) is 0 Å². The van der Waals surface area contributed by atoms with Crippen molar-refractivity contribution < 1.29 is 0 Å². The van der Waals surface area contributed by atoms with E-state index in [0.29, 0.717) is 0 Å². The Hall–Kier alpha value is -1.20. The summed E-state index contributed by atoms with van der Waals surface area (Å²) in [7, 11) is 1.96. The Labute approximate surface area is 93.0 Å². The molecule has 0 fully saturated rings. The van der Waals surface area contributed by atoms with Crippen molar-refractivity contribution in [2.24, 2.45) is 7.05 Å². The third-order valence-corrected chi connectivity index (χ3v) is 2.91. The smallest absolute Gasteiger partial charge is 0.0794 e. The van der Waals surface area contributed by atoms with Gasteiger partial charge in [-0.15, -0.1) is 11.3 Å². The molecule has 1 N–H and O–H groups in total. The Morgan fingerprint density at radius 1 is 1.53 bits per heavy atom. The Kier molecular flexibility index (Phi) is 3.47. The average Bonchev–Trinajstić information content (AvgIpc) is 2.85. The van der Waals surface area contributed by atoms with Crippen LogP contribution in [0.3, 0.4) is 0 Å². The van der Waals surface area contributed by atoms with Crippen LogP contribution in [0.15, 0.2) is 23.2 Å². The minimum Gasteiger partial charge on any atom is -0.311 e. The van der Waals surface area contributed by atoms with Gasteiger partial charge < -0.3 is 5.32 Å². The molecule has 0 unspecified atom stereocenters. The highest BCUT2D eigenvalue weighted by Gasteiger charge is 1.98. The summed E-state index contributed by atoms with van der Waals surface area (Å²) in [6.45, 7) is 1.82. The van der Waals surface area contributed by atoms with Crippen LogP contribution >= 0.6 is 11.3 Å². The van der Waals surface area contributed by atoms with Crippen LogP contribution in [0, 0.1) is 0 Å². The third kappa shape index (κ3) is 2.87. The molecule has 0 spiro atoms. The summed E-state index contributed by atoms with van der Waals surface area (Å²) in [5.74, 6) is 0. The SMILES string of the molecule is Cn1nccc1CNCCc1cscn1. The van der Waals surface area contributed by atoms with Crippen molar-refractivity contribution >= 4 is 11.3 Å². The fourth-order valence-corrected chi connectivity index (χ4v) is 1.96. The maximum Gasteiger partial charge on any atom is 0.0794 e. The summed E-state index contributed by atoms with van der Waals surface area (Å²) in [5.41, 5.74) is 4.24. The highest BCUT2D eigenvalue weighted by molar-refractivity contribution is 7.07. The number of thiazole rings is 1. The molecule has 0 radical (unpaired) electrons. The maximum atomic E-state index is 4.23. The minimum absolute atomic E-state index is 0.862. The van der Waals surface area contributed by atoms with Crippen molar-refractivity contribution in [2.75, 3.05) is 6.54 Å². The van der Waals surface area contributed by atoms with Crippen LogP contribution in [0.1, 0.15) is 11.4 Å². The van der Waals surface area contributed by atoms with Gasteiger partial charge in [0.15, 0.2) is 0 Å². The van der Waals surface area contributed by atoms with Crippen molar-refractivity contribution in [2.45, 2.75) is 13.0 Å². The van der Waals surface area contributed by atoms with Crippen molar-refractivity contribution in [1.82, 2.24) is 20.1 Å². The lowest BCUT2D eigenvalue weighted by atomic mass is 10.3. The summed E-state index contributed by atoms with van der Waals surface area (Å²) in [4.78, 5) is 4.23. The highest BCUT2D eigenvalue weighted by Crippen LogP contribution is 2.01. The number of nitrogens with zero attached hydrogens (tertiary/aromatic N) is 3. The Morgan fingerprint density at radius 2 is 2.47 bits per heavy atom. The second-order valence-electron chi connectivity index (χ2n) is 3.35. The summed E-state index contributed by atoms with van der Waals surface area (Å²) in [5, 5.41) is 9.57. The predicted octanol–water partition coefficient (Wildman–Crippen LogP) is 1.21. The molecule has 0 atom stereocenters. The summed E-state index contributed by atoms with van der Waals surface area (Å²) >= 11 is 1.64. The number of nitrogens with one attached hydrogen (secondary N) is 1. The van der Waals surface area contributed by atoms with Gasteiger partial charge in [-0.2, -0.15) is 5.10 Å². The molecule has 15 heavy (non-hydrogen) atoms. The molecular formula is C10H14N4S. The van der Waals surface area contributed by atoms with Gasteiger partial charge in [0.25, 0.3) is 0 Å². The number of rotatable bonds is 5. The normalized spacial score (nSPS) is 10.7. The van der Waals surface area contributed by atoms with Crippen LogP contribution in [-0.2, 0) is 20.0 Å². The molecular weight excluding hydrogens is 208 g/mol. The molecule has 0 aliphatic heterocycles. The van der Waals surface area contributed by atoms with Gasteiger partial charge in [-0.05, 0) is 6.07 Å². The topological polar surface area (TPSA) is 42.7 Å². The van der Waals surface area contributed by atoms with E-state index in [1.165, 1.54) is 5.69 Å². The van der Waals surface area contributed by atoms with E-state index in [2.05, 4.69) is 20.8 Å². The molecule has 0 aliphatic carbocycles. The molecule has 0 aromatic carbocycles. The van der Waals surface area contributed by atoms with E-state index >= 15 is 0 Å². The first-order valence-corrected chi connectivity index (χ1v) is 5.85. The maximum absolute atomic E-state index is 4.23. The third-order valence-electron chi connectivity index (χ3n) is 2.27. The van der Waals surface area contributed by atoms with Crippen molar-refractivity contribution in [3.63, 3.8) is 0 Å².